The highest BCUT2D eigenvalue weighted by molar-refractivity contribution is 5.28. The Bertz CT molecular complexity index is 739. The van der Waals surface area contributed by atoms with E-state index in [-0.39, 0.29) is 29.6 Å². The summed E-state index contributed by atoms with van der Waals surface area (Å²) in [5, 5.41) is 8.03. The SMILES string of the molecule is CC(C)[C@H]1COCC(C)(C)COC[C@H](C(C)C)N[C@@H](c2ccccc2)[C@@H](c2ccccc2)N1. The molecule has 0 spiro atoms. The van der Waals surface area contributed by atoms with Crippen LogP contribution < -0.4 is 10.6 Å². The monoisotopic (exact) mass is 452 g/mol. The smallest absolute Gasteiger partial charge is 0.0622 e. The van der Waals surface area contributed by atoms with Crippen molar-refractivity contribution >= 4 is 0 Å². The minimum Gasteiger partial charge on any atom is -0.379 e. The lowest BCUT2D eigenvalue weighted by Crippen LogP contribution is -2.48. The molecular formula is C29H44N2O2. The maximum atomic E-state index is 6.27. The van der Waals surface area contributed by atoms with Crippen LogP contribution in [-0.2, 0) is 9.47 Å². The van der Waals surface area contributed by atoms with Crippen LogP contribution in [-0.4, -0.2) is 38.5 Å². The van der Waals surface area contributed by atoms with Crippen molar-refractivity contribution in [1.29, 1.82) is 0 Å². The number of rotatable bonds is 4. The number of ether oxygens (including phenoxy) is 2. The highest BCUT2D eigenvalue weighted by atomic mass is 16.5. The van der Waals surface area contributed by atoms with Crippen LogP contribution in [0.25, 0.3) is 0 Å². The predicted octanol–water partition coefficient (Wildman–Crippen LogP) is 5.77. The molecule has 182 valence electrons. The van der Waals surface area contributed by atoms with Gasteiger partial charge in [-0.25, -0.2) is 0 Å². The molecule has 0 aromatic heterocycles. The van der Waals surface area contributed by atoms with Gasteiger partial charge >= 0.3 is 0 Å². The van der Waals surface area contributed by atoms with Gasteiger partial charge in [0.05, 0.1) is 38.5 Å². The van der Waals surface area contributed by atoms with E-state index in [1.165, 1.54) is 11.1 Å². The fourth-order valence-corrected chi connectivity index (χ4v) is 4.38. The maximum Gasteiger partial charge on any atom is 0.0622 e. The zero-order valence-electron chi connectivity index (χ0n) is 21.4. The minimum atomic E-state index is -0.0191. The Hall–Kier alpha value is -1.72. The molecule has 1 heterocycles. The number of hydrogen-bond donors (Lipinski definition) is 2. The normalized spacial score (nSPS) is 27.5. The van der Waals surface area contributed by atoms with Gasteiger partial charge in [0.2, 0.25) is 0 Å². The molecule has 1 saturated heterocycles. The molecule has 4 heteroatoms. The summed E-state index contributed by atoms with van der Waals surface area (Å²) in [5.41, 5.74) is 2.54. The van der Waals surface area contributed by atoms with E-state index in [1.807, 2.05) is 0 Å². The molecule has 2 aromatic rings. The topological polar surface area (TPSA) is 42.5 Å². The van der Waals surface area contributed by atoms with Gasteiger partial charge in [-0.3, -0.25) is 0 Å². The van der Waals surface area contributed by atoms with Crippen LogP contribution >= 0.6 is 0 Å². The summed E-state index contributed by atoms with van der Waals surface area (Å²) in [6.07, 6.45) is 0. The lowest BCUT2D eigenvalue weighted by molar-refractivity contribution is -0.0175. The molecule has 4 nitrogen and oxygen atoms in total. The second-order valence-electron chi connectivity index (χ2n) is 11.0. The van der Waals surface area contributed by atoms with Crippen molar-refractivity contribution in [3.8, 4) is 0 Å². The molecule has 0 radical (unpaired) electrons. The van der Waals surface area contributed by atoms with E-state index in [1.54, 1.807) is 0 Å². The van der Waals surface area contributed by atoms with E-state index in [2.05, 4.69) is 113 Å². The summed E-state index contributed by atoms with van der Waals surface area (Å²) in [4.78, 5) is 0. The van der Waals surface area contributed by atoms with Crippen molar-refractivity contribution in [2.45, 2.75) is 65.7 Å². The van der Waals surface area contributed by atoms with Gasteiger partial charge in [-0.1, -0.05) is 102 Å². The van der Waals surface area contributed by atoms with E-state index in [4.69, 9.17) is 9.47 Å². The average molecular weight is 453 g/mol. The largest absolute Gasteiger partial charge is 0.379 e. The van der Waals surface area contributed by atoms with E-state index >= 15 is 0 Å². The van der Waals surface area contributed by atoms with E-state index in [9.17, 15) is 0 Å². The first-order valence-electron chi connectivity index (χ1n) is 12.5. The summed E-state index contributed by atoms with van der Waals surface area (Å²) in [7, 11) is 0. The Morgan fingerprint density at radius 3 is 1.36 bits per heavy atom. The first-order valence-corrected chi connectivity index (χ1v) is 12.5. The first kappa shape index (κ1) is 25.9. The standard InChI is InChI=1S/C29H44N2O2/c1-21(2)25-17-32-19-29(5,6)20-33-18-26(22(3)4)31-28(24-15-11-8-12-16-24)27(30-25)23-13-9-7-10-14-23/h7-16,21-22,25-28,30-31H,17-20H2,1-6H3/t25-,26-,27-,28+/m1/s1. The third-order valence-electron chi connectivity index (χ3n) is 6.63. The molecule has 1 aliphatic heterocycles. The van der Waals surface area contributed by atoms with Gasteiger partial charge in [0.15, 0.2) is 0 Å². The highest BCUT2D eigenvalue weighted by Gasteiger charge is 2.32. The van der Waals surface area contributed by atoms with Gasteiger partial charge in [-0.05, 0) is 23.0 Å². The quantitative estimate of drug-likeness (QED) is 0.618. The summed E-state index contributed by atoms with van der Waals surface area (Å²) < 4.78 is 12.5. The minimum absolute atomic E-state index is 0.0191. The molecule has 1 fully saturated rings. The number of hydrogen-bond acceptors (Lipinski definition) is 4. The summed E-state index contributed by atoms with van der Waals surface area (Å²) in [6, 6.07) is 22.3. The van der Waals surface area contributed by atoms with Crippen LogP contribution in [0.1, 0.15) is 64.8 Å². The molecule has 33 heavy (non-hydrogen) atoms. The average Bonchev–Trinajstić information content (AvgIpc) is 2.80. The Labute approximate surface area is 201 Å². The third kappa shape index (κ3) is 7.65. The molecule has 2 N–H and O–H groups in total. The molecule has 4 atom stereocenters. The van der Waals surface area contributed by atoms with Crippen LogP contribution in [0.2, 0.25) is 0 Å². The molecule has 0 unspecified atom stereocenters. The van der Waals surface area contributed by atoms with Crippen LogP contribution in [0.3, 0.4) is 0 Å². The molecule has 1 aliphatic rings. The molecular weight excluding hydrogens is 408 g/mol. The number of benzene rings is 2. The van der Waals surface area contributed by atoms with Gasteiger partial charge in [-0.15, -0.1) is 0 Å². The Kier molecular flexibility index (Phi) is 9.51. The van der Waals surface area contributed by atoms with Crippen LogP contribution in [0, 0.1) is 17.3 Å². The summed E-state index contributed by atoms with van der Waals surface area (Å²) in [6.45, 7) is 16.3. The molecule has 0 saturated carbocycles. The summed E-state index contributed by atoms with van der Waals surface area (Å²) >= 11 is 0. The van der Waals surface area contributed by atoms with Crippen LogP contribution in [0.5, 0.6) is 0 Å². The van der Waals surface area contributed by atoms with E-state index in [0.29, 0.717) is 38.3 Å². The molecule has 0 amide bonds. The van der Waals surface area contributed by atoms with Gasteiger partial charge in [0.1, 0.15) is 0 Å². The Morgan fingerprint density at radius 2 is 1.03 bits per heavy atom. The van der Waals surface area contributed by atoms with Gasteiger partial charge < -0.3 is 20.1 Å². The van der Waals surface area contributed by atoms with E-state index in [0.717, 1.165) is 0 Å². The van der Waals surface area contributed by atoms with Crippen LogP contribution in [0.15, 0.2) is 60.7 Å². The zero-order chi connectivity index (χ0) is 23.8. The van der Waals surface area contributed by atoms with Crippen molar-refractivity contribution in [2.75, 3.05) is 26.4 Å². The zero-order valence-corrected chi connectivity index (χ0v) is 21.4. The molecule has 2 aromatic carbocycles. The second-order valence-corrected chi connectivity index (χ2v) is 11.0. The Morgan fingerprint density at radius 1 is 0.667 bits per heavy atom. The maximum absolute atomic E-state index is 6.27. The molecule has 0 aliphatic carbocycles. The van der Waals surface area contributed by atoms with E-state index < -0.39 is 0 Å². The Balaban J connectivity index is 2.05. The van der Waals surface area contributed by atoms with Gasteiger partial charge in [0, 0.05) is 17.5 Å². The fourth-order valence-electron chi connectivity index (χ4n) is 4.38. The lowest BCUT2D eigenvalue weighted by atomic mass is 9.89. The highest BCUT2D eigenvalue weighted by Crippen LogP contribution is 2.32. The fraction of sp³-hybridized carbons (Fsp3) is 0.586. The third-order valence-corrected chi connectivity index (χ3v) is 6.63. The van der Waals surface area contributed by atoms with Crippen molar-refractivity contribution in [3.63, 3.8) is 0 Å². The number of nitrogens with one attached hydrogen (secondary N) is 2. The predicted molar refractivity (Wildman–Crippen MR) is 137 cm³/mol. The molecule has 0 bridgehead atoms. The molecule has 3 rings (SSSR count). The van der Waals surface area contributed by atoms with Crippen molar-refractivity contribution in [2.24, 2.45) is 17.3 Å². The van der Waals surface area contributed by atoms with Gasteiger partial charge in [0.25, 0.3) is 0 Å². The first-order chi connectivity index (χ1) is 15.8. The van der Waals surface area contributed by atoms with Gasteiger partial charge in [-0.2, -0.15) is 0 Å². The van der Waals surface area contributed by atoms with Crippen molar-refractivity contribution in [3.05, 3.63) is 71.8 Å². The van der Waals surface area contributed by atoms with Crippen molar-refractivity contribution in [1.82, 2.24) is 10.6 Å². The van der Waals surface area contributed by atoms with Crippen LogP contribution in [0.4, 0.5) is 0 Å². The summed E-state index contributed by atoms with van der Waals surface area (Å²) in [5.74, 6) is 0.885. The second kappa shape index (κ2) is 12.1. The lowest BCUT2D eigenvalue weighted by Gasteiger charge is -2.37. The van der Waals surface area contributed by atoms with Crippen molar-refractivity contribution < 1.29 is 9.47 Å².